The average Bonchev–Trinajstić information content (AvgIpc) is 2.67. The van der Waals surface area contributed by atoms with Crippen LogP contribution < -0.4 is 5.32 Å². The van der Waals surface area contributed by atoms with Gasteiger partial charge in [-0.1, -0.05) is 33.6 Å². The molecule has 1 heterocycles. The number of hydrogen-bond donors (Lipinski definition) is 2. The van der Waals surface area contributed by atoms with Gasteiger partial charge in [0.25, 0.3) is 0 Å². The molecule has 1 saturated carbocycles. The predicted octanol–water partition coefficient (Wildman–Crippen LogP) is 3.50. The summed E-state index contributed by atoms with van der Waals surface area (Å²) in [4.78, 5) is 4.86. The number of aliphatic hydroxyl groups excluding tert-OH is 1. The number of nitrogens with zero attached hydrogens (tertiary/aromatic N) is 2. The monoisotopic (exact) mass is 435 g/mol. The highest BCUT2D eigenvalue weighted by molar-refractivity contribution is 9.10. The highest BCUT2D eigenvalue weighted by atomic mass is 79.9. The number of allylic oxidation sites excluding steroid dienone is 1. The second kappa shape index (κ2) is 10.6. The lowest BCUT2D eigenvalue weighted by Crippen LogP contribution is -2.48. The van der Waals surface area contributed by atoms with Crippen LogP contribution in [0.5, 0.6) is 0 Å². The lowest BCUT2D eigenvalue weighted by atomic mass is 9.82. The van der Waals surface area contributed by atoms with Crippen LogP contribution in [0.3, 0.4) is 0 Å². The average molecular weight is 436 g/mol. The fourth-order valence-electron chi connectivity index (χ4n) is 4.22. The molecule has 2 N–H and O–H groups in total. The summed E-state index contributed by atoms with van der Waals surface area (Å²) in [5.41, 5.74) is 4.37. The van der Waals surface area contributed by atoms with Crippen LogP contribution in [0, 0.1) is 6.92 Å². The van der Waals surface area contributed by atoms with E-state index in [9.17, 15) is 0 Å². The van der Waals surface area contributed by atoms with Gasteiger partial charge in [0.2, 0.25) is 0 Å². The van der Waals surface area contributed by atoms with Crippen LogP contribution in [0.15, 0.2) is 34.4 Å². The van der Waals surface area contributed by atoms with E-state index in [0.717, 1.165) is 45.8 Å². The minimum absolute atomic E-state index is 0.275. The molecule has 4 nitrogen and oxygen atoms in total. The Morgan fingerprint density at radius 3 is 2.41 bits per heavy atom. The second-order valence-electron chi connectivity index (χ2n) is 7.96. The smallest absolute Gasteiger partial charge is 0.0558 e. The van der Waals surface area contributed by atoms with Crippen LogP contribution >= 0.6 is 15.9 Å². The van der Waals surface area contributed by atoms with Crippen molar-refractivity contribution in [1.29, 1.82) is 0 Å². The summed E-state index contributed by atoms with van der Waals surface area (Å²) in [6, 6.07) is 6.78. The van der Waals surface area contributed by atoms with Crippen molar-refractivity contribution in [3.63, 3.8) is 0 Å². The van der Waals surface area contributed by atoms with Crippen LogP contribution in [-0.4, -0.2) is 67.3 Å². The molecule has 0 aromatic heterocycles. The summed E-state index contributed by atoms with van der Waals surface area (Å²) in [7, 11) is 0. The topological polar surface area (TPSA) is 38.7 Å². The van der Waals surface area contributed by atoms with Crippen LogP contribution in [0.1, 0.15) is 42.7 Å². The molecule has 0 spiro atoms. The van der Waals surface area contributed by atoms with Crippen LogP contribution in [0.4, 0.5) is 0 Å². The van der Waals surface area contributed by atoms with Gasteiger partial charge in [-0.3, -0.25) is 9.80 Å². The molecule has 0 bridgehead atoms. The van der Waals surface area contributed by atoms with Crippen LogP contribution in [0.2, 0.25) is 0 Å². The second-order valence-corrected chi connectivity index (χ2v) is 8.82. The van der Waals surface area contributed by atoms with Crippen molar-refractivity contribution in [3.05, 3.63) is 45.6 Å². The minimum atomic E-state index is 0.275. The van der Waals surface area contributed by atoms with Gasteiger partial charge in [-0.05, 0) is 61.9 Å². The molecule has 0 atom stereocenters. The van der Waals surface area contributed by atoms with Crippen LogP contribution in [-0.2, 0) is 0 Å². The summed E-state index contributed by atoms with van der Waals surface area (Å²) in [5.74, 6) is 0.687. The molecule has 1 aliphatic heterocycles. The van der Waals surface area contributed by atoms with E-state index in [1.54, 1.807) is 5.57 Å². The third-order valence-electron chi connectivity index (χ3n) is 5.98. The van der Waals surface area contributed by atoms with E-state index in [1.807, 2.05) is 0 Å². The molecule has 3 rings (SSSR count). The summed E-state index contributed by atoms with van der Waals surface area (Å²) in [6.07, 6.45) is 7.20. The summed E-state index contributed by atoms with van der Waals surface area (Å²) < 4.78 is 1.28. The first-order chi connectivity index (χ1) is 13.2. The summed E-state index contributed by atoms with van der Waals surface area (Å²) in [6.45, 7) is 9.77. The molecule has 0 unspecified atom stereocenters. The largest absolute Gasteiger partial charge is 0.395 e. The first-order valence-electron chi connectivity index (χ1n) is 10.4. The van der Waals surface area contributed by atoms with Crippen molar-refractivity contribution in [1.82, 2.24) is 15.1 Å². The van der Waals surface area contributed by atoms with E-state index in [1.165, 1.54) is 41.3 Å². The van der Waals surface area contributed by atoms with Gasteiger partial charge < -0.3 is 10.4 Å². The van der Waals surface area contributed by atoms with E-state index in [0.29, 0.717) is 5.92 Å². The maximum Gasteiger partial charge on any atom is 0.0558 e. The highest BCUT2D eigenvalue weighted by Crippen LogP contribution is 2.38. The Balaban J connectivity index is 1.35. The fourth-order valence-corrected chi connectivity index (χ4v) is 5.04. The van der Waals surface area contributed by atoms with Crippen molar-refractivity contribution in [2.24, 2.45) is 0 Å². The van der Waals surface area contributed by atoms with Gasteiger partial charge in [-0.15, -0.1) is 0 Å². The molecule has 1 aromatic rings. The van der Waals surface area contributed by atoms with E-state index >= 15 is 0 Å². The lowest BCUT2D eigenvalue weighted by molar-refractivity contribution is 0.114. The third kappa shape index (κ3) is 6.31. The molecule has 1 saturated heterocycles. The lowest BCUT2D eigenvalue weighted by Gasteiger charge is -2.34. The number of aliphatic hydroxyl groups is 1. The zero-order valence-electron chi connectivity index (χ0n) is 16.6. The molecule has 0 radical (unpaired) electrons. The number of nitrogens with one attached hydrogen (secondary N) is 1. The number of hydrogen-bond acceptors (Lipinski definition) is 4. The SMILES string of the molecule is Cc1ccc(C2CCC(=CNCCN3CCN(CCO)CC3)CC2)c(Br)c1. The van der Waals surface area contributed by atoms with Crippen molar-refractivity contribution >= 4 is 15.9 Å². The molecule has 1 aromatic carbocycles. The number of halogens is 1. The van der Waals surface area contributed by atoms with Gasteiger partial charge in [0.05, 0.1) is 6.61 Å². The van der Waals surface area contributed by atoms with Gasteiger partial charge in [0.15, 0.2) is 0 Å². The molecule has 2 aliphatic rings. The molecule has 1 aliphatic carbocycles. The molecular formula is C22H34BrN3O. The Morgan fingerprint density at radius 2 is 1.78 bits per heavy atom. The molecule has 0 amide bonds. The molecular weight excluding hydrogens is 402 g/mol. The van der Waals surface area contributed by atoms with E-state index in [-0.39, 0.29) is 6.61 Å². The predicted molar refractivity (Wildman–Crippen MR) is 116 cm³/mol. The standard InChI is InChI=1S/C22H34BrN3O/c1-18-2-7-21(22(23)16-18)20-5-3-19(4-6-20)17-24-8-9-25-10-12-26(13-11-25)14-15-27/h2,7,16-17,20,24,27H,3-6,8-15H2,1H3. The maximum absolute atomic E-state index is 9.01. The zero-order chi connectivity index (χ0) is 19.1. The van der Waals surface area contributed by atoms with Crippen molar-refractivity contribution in [3.8, 4) is 0 Å². The number of aryl methyl sites for hydroxylation is 1. The van der Waals surface area contributed by atoms with Crippen molar-refractivity contribution in [2.75, 3.05) is 52.4 Å². The number of β-amino-alcohol motifs (C(OH)–C–C–N with tert-alkyl or cyclic N) is 1. The van der Waals surface area contributed by atoms with E-state index in [2.05, 4.69) is 62.4 Å². The summed E-state index contributed by atoms with van der Waals surface area (Å²) >= 11 is 3.75. The minimum Gasteiger partial charge on any atom is -0.395 e. The Labute approximate surface area is 172 Å². The van der Waals surface area contributed by atoms with E-state index in [4.69, 9.17) is 5.11 Å². The van der Waals surface area contributed by atoms with Gasteiger partial charge in [-0.2, -0.15) is 0 Å². The van der Waals surface area contributed by atoms with Crippen LogP contribution in [0.25, 0.3) is 0 Å². The van der Waals surface area contributed by atoms with Gasteiger partial charge in [-0.25, -0.2) is 0 Å². The Kier molecular flexibility index (Phi) is 8.19. The number of benzene rings is 1. The Bertz CT molecular complexity index is 616. The normalized spacial score (nSPS) is 22.0. The Hall–Kier alpha value is -0.880. The maximum atomic E-state index is 9.01. The zero-order valence-corrected chi connectivity index (χ0v) is 18.2. The summed E-state index contributed by atoms with van der Waals surface area (Å²) in [5, 5.41) is 12.6. The van der Waals surface area contributed by atoms with Gasteiger partial charge in [0.1, 0.15) is 0 Å². The third-order valence-corrected chi connectivity index (χ3v) is 6.67. The fraction of sp³-hybridized carbons (Fsp3) is 0.636. The van der Waals surface area contributed by atoms with Crippen molar-refractivity contribution < 1.29 is 5.11 Å². The van der Waals surface area contributed by atoms with Crippen molar-refractivity contribution in [2.45, 2.75) is 38.5 Å². The van der Waals surface area contributed by atoms with Gasteiger partial charge in [0, 0.05) is 50.3 Å². The Morgan fingerprint density at radius 1 is 1.11 bits per heavy atom. The van der Waals surface area contributed by atoms with Gasteiger partial charge >= 0.3 is 0 Å². The molecule has 27 heavy (non-hydrogen) atoms. The first kappa shape index (κ1) is 20.8. The molecule has 150 valence electrons. The number of rotatable bonds is 7. The number of piperazine rings is 1. The van der Waals surface area contributed by atoms with E-state index < -0.39 is 0 Å². The highest BCUT2D eigenvalue weighted by Gasteiger charge is 2.20. The quantitative estimate of drug-likeness (QED) is 0.642. The molecule has 5 heteroatoms. The molecule has 2 fully saturated rings. The first-order valence-corrected chi connectivity index (χ1v) is 11.2.